The molecule has 0 bridgehead atoms. The normalized spacial score (nSPS) is 11.0. The summed E-state index contributed by atoms with van der Waals surface area (Å²) in [5, 5.41) is 0. The first-order valence-corrected chi connectivity index (χ1v) is 7.53. The van der Waals surface area contributed by atoms with Crippen LogP contribution in [-0.2, 0) is 6.42 Å². The van der Waals surface area contributed by atoms with E-state index in [1.54, 1.807) is 0 Å². The monoisotopic (exact) mass is 367 g/mol. The number of aryl methyl sites for hydroxylation is 1. The Bertz CT molecular complexity index is 577. The molecule has 0 atom stereocenters. The van der Waals surface area contributed by atoms with Gasteiger partial charge in [-0.15, -0.1) is 0 Å². The Morgan fingerprint density at radius 3 is 2.32 bits per heavy atom. The van der Waals surface area contributed by atoms with E-state index in [0.29, 0.717) is 17.6 Å². The van der Waals surface area contributed by atoms with E-state index in [9.17, 15) is 0 Å². The summed E-state index contributed by atoms with van der Waals surface area (Å²) in [5.41, 5.74) is 9.30. The molecule has 0 aliphatic rings. The highest BCUT2D eigenvalue weighted by Gasteiger charge is 2.10. The second-order valence-electron chi connectivity index (χ2n) is 4.82. The Hall–Kier alpha value is -1.17. The average Bonchev–Trinajstić information content (AvgIpc) is 2.41. The van der Waals surface area contributed by atoms with Gasteiger partial charge in [0.15, 0.2) is 5.82 Å². The summed E-state index contributed by atoms with van der Waals surface area (Å²) in [6, 6.07) is 8.39. The molecule has 19 heavy (non-hydrogen) atoms. The van der Waals surface area contributed by atoms with Crippen LogP contribution in [0.15, 0.2) is 24.3 Å². The Morgan fingerprint density at radius 2 is 1.79 bits per heavy atom. The minimum absolute atomic E-state index is 0.531. The second kappa shape index (κ2) is 5.86. The molecule has 1 aromatic heterocycles. The highest BCUT2D eigenvalue weighted by Crippen LogP contribution is 2.24. The summed E-state index contributed by atoms with van der Waals surface area (Å²) in [5.74, 6) is 1.81. The van der Waals surface area contributed by atoms with Gasteiger partial charge in [-0.25, -0.2) is 9.97 Å². The minimum atomic E-state index is 0.531. The first-order valence-electron chi connectivity index (χ1n) is 6.45. The zero-order chi connectivity index (χ0) is 14.0. The molecule has 2 N–H and O–H groups in total. The third-order valence-electron chi connectivity index (χ3n) is 3.12. The fourth-order valence-electron chi connectivity index (χ4n) is 1.89. The molecular formula is C15H18IN3. The van der Waals surface area contributed by atoms with Gasteiger partial charge in [0.25, 0.3) is 0 Å². The summed E-state index contributed by atoms with van der Waals surface area (Å²) in [6.07, 6.45) is 0.863. The number of hydrogen-bond acceptors (Lipinski definition) is 3. The van der Waals surface area contributed by atoms with Crippen molar-refractivity contribution in [3.8, 4) is 11.4 Å². The van der Waals surface area contributed by atoms with Crippen LogP contribution in [0.3, 0.4) is 0 Å². The molecule has 0 aliphatic heterocycles. The van der Waals surface area contributed by atoms with Crippen molar-refractivity contribution in [3.63, 3.8) is 0 Å². The van der Waals surface area contributed by atoms with E-state index in [4.69, 9.17) is 5.73 Å². The number of nitrogens with two attached hydrogens (primary N) is 1. The van der Waals surface area contributed by atoms with Crippen LogP contribution in [-0.4, -0.2) is 9.97 Å². The minimum Gasteiger partial charge on any atom is -0.383 e. The number of benzene rings is 1. The third-order valence-corrected chi connectivity index (χ3v) is 4.29. The van der Waals surface area contributed by atoms with Gasteiger partial charge in [0.1, 0.15) is 5.82 Å². The summed E-state index contributed by atoms with van der Waals surface area (Å²) < 4.78 is 0.961. The number of nitrogen functional groups attached to an aromatic ring is 1. The number of aromatic nitrogens is 2. The molecule has 0 saturated carbocycles. The van der Waals surface area contributed by atoms with Crippen LogP contribution in [0, 0.1) is 3.57 Å². The Kier molecular flexibility index (Phi) is 4.39. The van der Waals surface area contributed by atoms with E-state index in [0.717, 1.165) is 21.2 Å². The van der Waals surface area contributed by atoms with Gasteiger partial charge in [0, 0.05) is 5.56 Å². The summed E-state index contributed by atoms with van der Waals surface area (Å²) in [6.45, 7) is 6.45. The lowest BCUT2D eigenvalue weighted by Crippen LogP contribution is -2.04. The second-order valence-corrected chi connectivity index (χ2v) is 5.90. The Morgan fingerprint density at radius 1 is 1.16 bits per heavy atom. The predicted molar refractivity (Wildman–Crippen MR) is 88.1 cm³/mol. The molecule has 0 saturated heterocycles. The van der Waals surface area contributed by atoms with Crippen molar-refractivity contribution in [1.29, 1.82) is 0 Å². The van der Waals surface area contributed by atoms with Gasteiger partial charge < -0.3 is 5.73 Å². The zero-order valence-corrected chi connectivity index (χ0v) is 13.6. The van der Waals surface area contributed by atoms with Gasteiger partial charge in [-0.05, 0) is 40.5 Å². The molecule has 100 valence electrons. The molecule has 0 amide bonds. The fraction of sp³-hybridized carbons (Fsp3) is 0.333. The molecule has 0 fully saturated rings. The molecule has 3 nitrogen and oxygen atoms in total. The molecule has 2 aromatic rings. The van der Waals surface area contributed by atoms with Crippen molar-refractivity contribution >= 4 is 28.4 Å². The molecule has 0 unspecified atom stereocenters. The van der Waals surface area contributed by atoms with Crippen molar-refractivity contribution in [2.75, 3.05) is 5.73 Å². The van der Waals surface area contributed by atoms with Crippen LogP contribution < -0.4 is 5.73 Å². The maximum absolute atomic E-state index is 5.95. The number of rotatable bonds is 3. The lowest BCUT2D eigenvalue weighted by molar-refractivity contribution is 0.866. The summed E-state index contributed by atoms with van der Waals surface area (Å²) >= 11 is 2.20. The SMILES string of the molecule is CCc1nc(-c2ccc(C(C)C)cc2)nc(N)c1I. The van der Waals surface area contributed by atoms with Crippen molar-refractivity contribution < 1.29 is 0 Å². The van der Waals surface area contributed by atoms with Gasteiger partial charge in [0.2, 0.25) is 0 Å². The third kappa shape index (κ3) is 3.05. The highest BCUT2D eigenvalue weighted by molar-refractivity contribution is 14.1. The first-order chi connectivity index (χ1) is 9.02. The van der Waals surface area contributed by atoms with Crippen LogP contribution in [0.25, 0.3) is 11.4 Å². The van der Waals surface area contributed by atoms with Crippen molar-refractivity contribution in [2.45, 2.75) is 33.1 Å². The molecule has 0 aliphatic carbocycles. The maximum Gasteiger partial charge on any atom is 0.161 e. The van der Waals surface area contributed by atoms with Crippen LogP contribution in [0.4, 0.5) is 5.82 Å². The van der Waals surface area contributed by atoms with Gasteiger partial charge in [-0.1, -0.05) is 45.0 Å². The number of halogens is 1. The largest absolute Gasteiger partial charge is 0.383 e. The molecule has 0 spiro atoms. The van der Waals surface area contributed by atoms with E-state index in [1.165, 1.54) is 5.56 Å². The molecule has 0 radical (unpaired) electrons. The van der Waals surface area contributed by atoms with Crippen LogP contribution >= 0.6 is 22.6 Å². The van der Waals surface area contributed by atoms with E-state index < -0.39 is 0 Å². The molecular weight excluding hydrogens is 349 g/mol. The van der Waals surface area contributed by atoms with Crippen molar-refractivity contribution in [3.05, 3.63) is 39.1 Å². The lowest BCUT2D eigenvalue weighted by atomic mass is 10.0. The van der Waals surface area contributed by atoms with E-state index in [1.807, 2.05) is 0 Å². The topological polar surface area (TPSA) is 51.8 Å². The first kappa shape index (κ1) is 14.2. The van der Waals surface area contributed by atoms with E-state index in [2.05, 4.69) is 77.6 Å². The smallest absolute Gasteiger partial charge is 0.161 e. The predicted octanol–water partition coefficient (Wildman–Crippen LogP) is 4.02. The van der Waals surface area contributed by atoms with Gasteiger partial charge >= 0.3 is 0 Å². The van der Waals surface area contributed by atoms with Gasteiger partial charge in [-0.2, -0.15) is 0 Å². The average molecular weight is 367 g/mol. The van der Waals surface area contributed by atoms with Crippen molar-refractivity contribution in [1.82, 2.24) is 9.97 Å². The standard InChI is InChI=1S/C15H18IN3/c1-4-12-13(16)14(17)19-15(18-12)11-7-5-10(6-8-11)9(2)3/h5-9H,4H2,1-3H3,(H2,17,18,19). The van der Waals surface area contributed by atoms with Gasteiger partial charge in [0.05, 0.1) is 9.26 Å². The number of hydrogen-bond donors (Lipinski definition) is 1. The summed E-state index contributed by atoms with van der Waals surface area (Å²) in [4.78, 5) is 8.98. The zero-order valence-electron chi connectivity index (χ0n) is 11.4. The van der Waals surface area contributed by atoms with Gasteiger partial charge in [-0.3, -0.25) is 0 Å². The van der Waals surface area contributed by atoms with Crippen LogP contribution in [0.5, 0.6) is 0 Å². The van der Waals surface area contributed by atoms with E-state index >= 15 is 0 Å². The quantitative estimate of drug-likeness (QED) is 0.834. The lowest BCUT2D eigenvalue weighted by Gasteiger charge is -2.09. The number of nitrogens with zero attached hydrogens (tertiary/aromatic N) is 2. The van der Waals surface area contributed by atoms with Crippen molar-refractivity contribution in [2.24, 2.45) is 0 Å². The Balaban J connectivity index is 2.44. The number of anilines is 1. The van der Waals surface area contributed by atoms with Crippen LogP contribution in [0.1, 0.15) is 37.9 Å². The van der Waals surface area contributed by atoms with E-state index in [-0.39, 0.29) is 0 Å². The highest BCUT2D eigenvalue weighted by atomic mass is 127. The van der Waals surface area contributed by atoms with Crippen LogP contribution in [0.2, 0.25) is 0 Å². The molecule has 1 heterocycles. The molecule has 1 aromatic carbocycles. The molecule has 4 heteroatoms. The Labute approximate surface area is 127 Å². The maximum atomic E-state index is 5.95. The summed E-state index contributed by atoms with van der Waals surface area (Å²) in [7, 11) is 0. The fourth-order valence-corrected chi connectivity index (χ4v) is 2.52. The molecule has 2 rings (SSSR count).